The maximum Gasteiger partial charge on any atom is 0.131 e. The van der Waals surface area contributed by atoms with Crippen LogP contribution in [0.4, 0.5) is 0 Å². The molecular formula is C20H28N2O. The summed E-state index contributed by atoms with van der Waals surface area (Å²) in [6.45, 7) is 12.0. The van der Waals surface area contributed by atoms with Gasteiger partial charge in [0, 0.05) is 24.9 Å². The van der Waals surface area contributed by atoms with Crippen LogP contribution in [-0.4, -0.2) is 49.6 Å². The van der Waals surface area contributed by atoms with Gasteiger partial charge in [-0.1, -0.05) is 24.3 Å². The average Bonchev–Trinajstić information content (AvgIpc) is 2.81. The number of hydrogen-bond acceptors (Lipinski definition) is 3. The molecule has 124 valence electrons. The molecule has 0 radical (unpaired) electrons. The molecule has 1 aliphatic carbocycles. The second-order valence-corrected chi connectivity index (χ2v) is 6.74. The van der Waals surface area contributed by atoms with Crippen LogP contribution in [0, 0.1) is 0 Å². The Morgan fingerprint density at radius 3 is 2.74 bits per heavy atom. The van der Waals surface area contributed by atoms with E-state index in [1.54, 1.807) is 5.57 Å². The van der Waals surface area contributed by atoms with Gasteiger partial charge in [0.2, 0.25) is 0 Å². The van der Waals surface area contributed by atoms with E-state index >= 15 is 0 Å². The lowest BCUT2D eigenvalue weighted by molar-refractivity contribution is 0.293. The van der Waals surface area contributed by atoms with Gasteiger partial charge in [-0.2, -0.15) is 0 Å². The highest BCUT2D eigenvalue weighted by atomic mass is 16.3. The van der Waals surface area contributed by atoms with Gasteiger partial charge in [0.1, 0.15) is 11.2 Å². The van der Waals surface area contributed by atoms with Gasteiger partial charge >= 0.3 is 0 Å². The Morgan fingerprint density at radius 1 is 1.17 bits per heavy atom. The summed E-state index contributed by atoms with van der Waals surface area (Å²) in [5.41, 5.74) is 3.73. The van der Waals surface area contributed by atoms with Crippen LogP contribution in [0.1, 0.15) is 31.9 Å². The van der Waals surface area contributed by atoms with Gasteiger partial charge in [0.05, 0.1) is 0 Å². The van der Waals surface area contributed by atoms with Crippen LogP contribution in [0.15, 0.2) is 28.2 Å². The first-order valence-electron chi connectivity index (χ1n) is 8.70. The minimum atomic E-state index is 0.893. The van der Waals surface area contributed by atoms with Crippen molar-refractivity contribution in [3.63, 3.8) is 0 Å². The highest BCUT2D eigenvalue weighted by Crippen LogP contribution is 2.26. The Kier molecular flexibility index (Phi) is 5.19. The molecule has 23 heavy (non-hydrogen) atoms. The van der Waals surface area contributed by atoms with Crippen LogP contribution in [-0.2, 0) is 0 Å². The monoisotopic (exact) mass is 312 g/mol. The van der Waals surface area contributed by atoms with Crippen molar-refractivity contribution in [1.82, 2.24) is 9.80 Å². The first-order valence-corrected chi connectivity index (χ1v) is 8.70. The maximum absolute atomic E-state index is 5.89. The number of furan rings is 1. The smallest absolute Gasteiger partial charge is 0.131 e. The van der Waals surface area contributed by atoms with Crippen LogP contribution in [0.3, 0.4) is 0 Å². The van der Waals surface area contributed by atoms with E-state index in [0.29, 0.717) is 0 Å². The minimum Gasteiger partial charge on any atom is -0.457 e. The highest BCUT2D eigenvalue weighted by Gasteiger charge is 2.16. The summed E-state index contributed by atoms with van der Waals surface area (Å²) in [6, 6.07) is 2.06. The zero-order valence-corrected chi connectivity index (χ0v) is 14.5. The topological polar surface area (TPSA) is 19.6 Å². The molecule has 3 heteroatoms. The third-order valence-electron chi connectivity index (χ3n) is 4.89. The van der Waals surface area contributed by atoms with Crippen molar-refractivity contribution >= 4 is 18.2 Å². The molecule has 0 spiro atoms. The van der Waals surface area contributed by atoms with Gasteiger partial charge in [-0.05, 0) is 64.0 Å². The van der Waals surface area contributed by atoms with Crippen molar-refractivity contribution in [2.24, 2.45) is 0 Å². The first kappa shape index (κ1) is 16.3. The first-order chi connectivity index (χ1) is 11.2. The van der Waals surface area contributed by atoms with Crippen LogP contribution >= 0.6 is 0 Å². The summed E-state index contributed by atoms with van der Waals surface area (Å²) in [5, 5.41) is 0.979. The summed E-state index contributed by atoms with van der Waals surface area (Å²) in [4.78, 5) is 5.03. The molecule has 1 aromatic rings. The lowest BCUT2D eigenvalue weighted by atomic mass is 9.96. The number of likely N-dealkylation sites (N-methyl/N-ethyl adjacent to an activating group) is 1. The Balaban J connectivity index is 1.66. The zero-order chi connectivity index (χ0) is 16.2. The second kappa shape index (κ2) is 7.33. The summed E-state index contributed by atoms with van der Waals surface area (Å²) >= 11 is 0. The van der Waals surface area contributed by atoms with Crippen molar-refractivity contribution < 1.29 is 4.42 Å². The van der Waals surface area contributed by atoms with Crippen molar-refractivity contribution in [2.75, 3.05) is 39.8 Å². The molecule has 1 aliphatic heterocycles. The zero-order valence-electron chi connectivity index (χ0n) is 14.5. The Labute approximate surface area is 139 Å². The van der Waals surface area contributed by atoms with Crippen LogP contribution < -0.4 is 10.6 Å². The molecule has 2 aliphatic rings. The Morgan fingerprint density at radius 2 is 2.04 bits per heavy atom. The van der Waals surface area contributed by atoms with Gasteiger partial charge in [0.25, 0.3) is 0 Å². The lowest BCUT2D eigenvalue weighted by Crippen LogP contribution is -2.30. The SMILES string of the molecule is C=c1cc(C2=CC=C(CN3CCCN(C)CC3)CC2)o/c1=C\C. The summed E-state index contributed by atoms with van der Waals surface area (Å²) in [7, 11) is 2.22. The normalized spacial score (nSPS) is 21.9. The number of nitrogens with zero attached hydrogens (tertiary/aromatic N) is 2. The molecule has 0 N–H and O–H groups in total. The fraction of sp³-hybridized carbons (Fsp3) is 0.500. The number of allylic oxidation sites excluding steroid dienone is 3. The quantitative estimate of drug-likeness (QED) is 0.853. The molecule has 1 saturated heterocycles. The van der Waals surface area contributed by atoms with E-state index < -0.39 is 0 Å². The fourth-order valence-corrected chi connectivity index (χ4v) is 3.41. The van der Waals surface area contributed by atoms with Crippen molar-refractivity contribution in [3.8, 4) is 0 Å². The Hall–Kier alpha value is -1.58. The molecule has 2 heterocycles. The summed E-state index contributed by atoms with van der Waals surface area (Å²) in [6.07, 6.45) is 9.99. The van der Waals surface area contributed by atoms with Crippen LogP contribution in [0.2, 0.25) is 0 Å². The van der Waals surface area contributed by atoms with E-state index in [9.17, 15) is 0 Å². The van der Waals surface area contributed by atoms with Gasteiger partial charge in [-0.15, -0.1) is 0 Å². The molecule has 0 bridgehead atoms. The van der Waals surface area contributed by atoms with Crippen LogP contribution in [0.25, 0.3) is 18.2 Å². The van der Waals surface area contributed by atoms with E-state index in [2.05, 4.69) is 41.6 Å². The molecule has 0 atom stereocenters. The molecule has 1 aromatic heterocycles. The fourth-order valence-electron chi connectivity index (χ4n) is 3.41. The third-order valence-corrected chi connectivity index (χ3v) is 4.89. The highest BCUT2D eigenvalue weighted by molar-refractivity contribution is 5.65. The Bertz CT molecular complexity index is 710. The maximum atomic E-state index is 5.89. The van der Waals surface area contributed by atoms with Gasteiger partial charge in [-0.3, -0.25) is 4.90 Å². The van der Waals surface area contributed by atoms with Gasteiger partial charge < -0.3 is 9.32 Å². The largest absolute Gasteiger partial charge is 0.457 e. The molecule has 0 aromatic carbocycles. The minimum absolute atomic E-state index is 0.893. The third kappa shape index (κ3) is 4.04. The molecule has 1 fully saturated rings. The molecule has 0 unspecified atom stereocenters. The molecule has 0 saturated carbocycles. The number of hydrogen-bond donors (Lipinski definition) is 0. The van der Waals surface area contributed by atoms with E-state index in [4.69, 9.17) is 4.42 Å². The van der Waals surface area contributed by atoms with Crippen molar-refractivity contribution in [3.05, 3.63) is 40.2 Å². The van der Waals surface area contributed by atoms with E-state index in [0.717, 1.165) is 35.8 Å². The summed E-state index contributed by atoms with van der Waals surface area (Å²) < 4.78 is 5.89. The number of rotatable bonds is 3. The van der Waals surface area contributed by atoms with Crippen molar-refractivity contribution in [1.29, 1.82) is 0 Å². The predicted molar refractivity (Wildman–Crippen MR) is 97.5 cm³/mol. The van der Waals surface area contributed by atoms with E-state index in [1.165, 1.54) is 38.2 Å². The molecular weight excluding hydrogens is 284 g/mol. The van der Waals surface area contributed by atoms with E-state index in [1.807, 2.05) is 13.0 Å². The van der Waals surface area contributed by atoms with E-state index in [-0.39, 0.29) is 0 Å². The predicted octanol–water partition coefficient (Wildman–Crippen LogP) is 2.23. The summed E-state index contributed by atoms with van der Waals surface area (Å²) in [5.74, 6) is 0.981. The van der Waals surface area contributed by atoms with Gasteiger partial charge in [0.15, 0.2) is 0 Å². The lowest BCUT2D eigenvalue weighted by Gasteiger charge is -2.23. The average molecular weight is 312 g/mol. The molecule has 3 rings (SSSR count). The molecule has 3 nitrogen and oxygen atoms in total. The second-order valence-electron chi connectivity index (χ2n) is 6.74. The molecule has 0 amide bonds. The van der Waals surface area contributed by atoms with Crippen LogP contribution in [0.5, 0.6) is 0 Å². The van der Waals surface area contributed by atoms with Crippen molar-refractivity contribution in [2.45, 2.75) is 26.2 Å². The van der Waals surface area contributed by atoms with Gasteiger partial charge in [-0.25, -0.2) is 0 Å². The standard InChI is InChI=1S/C20H28N2O/c1-4-19-16(2)14-20(23-19)18-8-6-17(7-9-18)15-22-11-5-10-21(3)12-13-22/h4,6,8,14H,2,5,7,9-13,15H2,1,3H3/b19-4-.